The summed E-state index contributed by atoms with van der Waals surface area (Å²) in [6, 6.07) is 7.18. The van der Waals surface area contributed by atoms with Gasteiger partial charge in [-0.05, 0) is 23.6 Å². The molecule has 4 nitrogen and oxygen atoms in total. The van der Waals surface area contributed by atoms with E-state index in [1.807, 2.05) is 12.1 Å². The Labute approximate surface area is 101 Å². The number of nitrogens with two attached hydrogens (primary N) is 1. The molecule has 1 heterocycles. The van der Waals surface area contributed by atoms with E-state index in [1.165, 1.54) is 0 Å². The Hall–Kier alpha value is -2.32. The standard InChI is InChI=1S/C12H8N2O2S/c13-11(15)6-3-8-1-4-9(5-2-8)10-7-17-12(16)14-10/h1-2,4-5,7H,(H2,13,15)(H,14,16). The highest BCUT2D eigenvalue weighted by Crippen LogP contribution is 2.17. The van der Waals surface area contributed by atoms with Gasteiger partial charge in [0.1, 0.15) is 0 Å². The molecule has 3 N–H and O–H groups in total. The minimum absolute atomic E-state index is 0.0856. The van der Waals surface area contributed by atoms with Crippen LogP contribution in [0.25, 0.3) is 11.3 Å². The first kappa shape index (κ1) is 11.2. The van der Waals surface area contributed by atoms with Gasteiger partial charge in [0, 0.05) is 10.9 Å². The molecule has 0 atom stereocenters. The summed E-state index contributed by atoms with van der Waals surface area (Å²) >= 11 is 1.12. The third-order valence-corrected chi connectivity index (χ3v) is 2.72. The summed E-state index contributed by atoms with van der Waals surface area (Å²) in [5.41, 5.74) is 7.28. The summed E-state index contributed by atoms with van der Waals surface area (Å²) in [4.78, 5) is 24.1. The minimum atomic E-state index is -0.656. The molecular formula is C12H8N2O2S. The maximum absolute atomic E-state index is 11.0. The first-order valence-corrected chi connectivity index (χ1v) is 5.63. The summed E-state index contributed by atoms with van der Waals surface area (Å²) in [6.45, 7) is 0. The zero-order chi connectivity index (χ0) is 12.3. The molecule has 1 aromatic carbocycles. The second-order valence-electron chi connectivity index (χ2n) is 3.25. The lowest BCUT2D eigenvalue weighted by Crippen LogP contribution is -2.06. The molecule has 17 heavy (non-hydrogen) atoms. The maximum atomic E-state index is 11.0. The highest BCUT2D eigenvalue weighted by molar-refractivity contribution is 7.07. The predicted octanol–water partition coefficient (Wildman–Crippen LogP) is 0.940. The molecule has 0 aliphatic heterocycles. The zero-order valence-corrected chi connectivity index (χ0v) is 9.51. The fourth-order valence-corrected chi connectivity index (χ4v) is 1.88. The van der Waals surface area contributed by atoms with Gasteiger partial charge in [0.25, 0.3) is 5.91 Å². The summed E-state index contributed by atoms with van der Waals surface area (Å²) in [5, 5.41) is 1.76. The highest BCUT2D eigenvalue weighted by Gasteiger charge is 1.99. The van der Waals surface area contributed by atoms with E-state index in [-0.39, 0.29) is 4.87 Å². The van der Waals surface area contributed by atoms with Crippen LogP contribution in [0, 0.1) is 11.8 Å². The molecular weight excluding hydrogens is 236 g/mol. The van der Waals surface area contributed by atoms with Crippen LogP contribution in [0.5, 0.6) is 0 Å². The van der Waals surface area contributed by atoms with Crippen molar-refractivity contribution >= 4 is 17.2 Å². The van der Waals surface area contributed by atoms with Crippen molar-refractivity contribution in [3.05, 3.63) is 44.9 Å². The first-order valence-electron chi connectivity index (χ1n) is 4.75. The topological polar surface area (TPSA) is 76.0 Å². The van der Waals surface area contributed by atoms with Crippen LogP contribution in [-0.2, 0) is 4.79 Å². The van der Waals surface area contributed by atoms with E-state index in [1.54, 1.807) is 17.5 Å². The second kappa shape index (κ2) is 4.68. The molecule has 0 saturated carbocycles. The van der Waals surface area contributed by atoms with Crippen LogP contribution >= 0.6 is 11.3 Å². The largest absolute Gasteiger partial charge is 0.359 e. The maximum Gasteiger partial charge on any atom is 0.304 e. The van der Waals surface area contributed by atoms with Crippen LogP contribution in [0.2, 0.25) is 0 Å². The smallest absolute Gasteiger partial charge is 0.304 e. The lowest BCUT2D eigenvalue weighted by atomic mass is 10.1. The number of thiazole rings is 1. The molecule has 0 saturated heterocycles. The number of amides is 1. The molecule has 2 aromatic rings. The van der Waals surface area contributed by atoms with Crippen LogP contribution in [0.15, 0.2) is 34.4 Å². The van der Waals surface area contributed by atoms with Crippen molar-refractivity contribution in [3.63, 3.8) is 0 Å². The van der Waals surface area contributed by atoms with E-state index >= 15 is 0 Å². The summed E-state index contributed by atoms with van der Waals surface area (Å²) in [6.07, 6.45) is 0. The zero-order valence-electron chi connectivity index (χ0n) is 8.69. The molecule has 0 aliphatic rings. The Morgan fingerprint density at radius 1 is 1.29 bits per heavy atom. The van der Waals surface area contributed by atoms with Crippen LogP contribution in [-0.4, -0.2) is 10.9 Å². The average molecular weight is 244 g/mol. The number of rotatable bonds is 1. The van der Waals surface area contributed by atoms with Gasteiger partial charge in [0.05, 0.1) is 5.69 Å². The molecule has 0 spiro atoms. The lowest BCUT2D eigenvalue weighted by Gasteiger charge is -1.96. The van der Waals surface area contributed by atoms with Crippen molar-refractivity contribution in [1.29, 1.82) is 0 Å². The molecule has 0 radical (unpaired) electrons. The van der Waals surface area contributed by atoms with Crippen LogP contribution in [0.1, 0.15) is 5.56 Å². The van der Waals surface area contributed by atoms with Crippen LogP contribution < -0.4 is 10.6 Å². The quantitative estimate of drug-likeness (QED) is 0.732. The van der Waals surface area contributed by atoms with E-state index in [4.69, 9.17) is 5.73 Å². The Bertz CT molecular complexity index is 656. The van der Waals surface area contributed by atoms with Gasteiger partial charge >= 0.3 is 4.87 Å². The van der Waals surface area contributed by atoms with E-state index < -0.39 is 5.91 Å². The van der Waals surface area contributed by atoms with Crippen molar-refractivity contribution in [2.24, 2.45) is 5.73 Å². The van der Waals surface area contributed by atoms with Gasteiger partial charge in [-0.3, -0.25) is 9.59 Å². The fourth-order valence-electron chi connectivity index (χ4n) is 1.29. The molecule has 0 fully saturated rings. The molecule has 0 unspecified atom stereocenters. The van der Waals surface area contributed by atoms with E-state index in [0.717, 1.165) is 22.6 Å². The number of H-pyrrole nitrogens is 1. The van der Waals surface area contributed by atoms with Gasteiger partial charge in [-0.1, -0.05) is 29.4 Å². The fraction of sp³-hybridized carbons (Fsp3) is 0. The number of nitrogens with one attached hydrogen (secondary N) is 1. The summed E-state index contributed by atoms with van der Waals surface area (Å²) in [7, 11) is 0. The second-order valence-corrected chi connectivity index (χ2v) is 4.10. The molecule has 2 rings (SSSR count). The Balaban J connectivity index is 2.28. The van der Waals surface area contributed by atoms with Crippen LogP contribution in [0.4, 0.5) is 0 Å². The Kier molecular flexibility index (Phi) is 3.08. The number of aromatic amines is 1. The Morgan fingerprint density at radius 2 is 2.00 bits per heavy atom. The number of hydrogen-bond donors (Lipinski definition) is 2. The average Bonchev–Trinajstić information content (AvgIpc) is 2.74. The summed E-state index contributed by atoms with van der Waals surface area (Å²) in [5.74, 6) is 4.24. The van der Waals surface area contributed by atoms with Crippen molar-refractivity contribution in [1.82, 2.24) is 4.98 Å². The number of carbonyl (C=O) groups excluding carboxylic acids is 1. The molecule has 0 aliphatic carbocycles. The summed E-state index contributed by atoms with van der Waals surface area (Å²) < 4.78 is 0. The van der Waals surface area contributed by atoms with Gasteiger partial charge in [-0.25, -0.2) is 0 Å². The normalized spacial score (nSPS) is 9.41. The molecule has 5 heteroatoms. The van der Waals surface area contributed by atoms with Crippen LogP contribution in [0.3, 0.4) is 0 Å². The molecule has 84 valence electrons. The highest BCUT2D eigenvalue weighted by atomic mass is 32.1. The van der Waals surface area contributed by atoms with Crippen molar-refractivity contribution < 1.29 is 4.79 Å². The SMILES string of the molecule is NC(=O)C#Cc1ccc(-c2csc(=O)[nH]2)cc1. The minimum Gasteiger partial charge on any atom is -0.359 e. The Morgan fingerprint density at radius 3 is 2.53 bits per heavy atom. The van der Waals surface area contributed by atoms with E-state index in [2.05, 4.69) is 16.8 Å². The number of hydrogen-bond acceptors (Lipinski definition) is 3. The van der Waals surface area contributed by atoms with Gasteiger partial charge in [0.2, 0.25) is 0 Å². The number of aromatic nitrogens is 1. The van der Waals surface area contributed by atoms with Crippen molar-refractivity contribution in [2.75, 3.05) is 0 Å². The lowest BCUT2D eigenvalue weighted by molar-refractivity contribution is -0.112. The third-order valence-electron chi connectivity index (χ3n) is 2.05. The first-order chi connectivity index (χ1) is 8.15. The predicted molar refractivity (Wildman–Crippen MR) is 66.4 cm³/mol. The molecule has 1 aromatic heterocycles. The van der Waals surface area contributed by atoms with Crippen molar-refractivity contribution in [3.8, 4) is 23.1 Å². The van der Waals surface area contributed by atoms with Gasteiger partial charge in [-0.2, -0.15) is 0 Å². The van der Waals surface area contributed by atoms with Gasteiger partial charge < -0.3 is 10.7 Å². The van der Waals surface area contributed by atoms with E-state index in [9.17, 15) is 9.59 Å². The third kappa shape index (κ3) is 2.83. The van der Waals surface area contributed by atoms with Gasteiger partial charge in [-0.15, -0.1) is 0 Å². The van der Waals surface area contributed by atoms with Crippen molar-refractivity contribution in [2.45, 2.75) is 0 Å². The molecule has 1 amide bonds. The number of benzene rings is 1. The number of carbonyl (C=O) groups is 1. The number of primary amides is 1. The van der Waals surface area contributed by atoms with E-state index in [0.29, 0.717) is 5.56 Å². The van der Waals surface area contributed by atoms with Gasteiger partial charge in [0.15, 0.2) is 0 Å². The monoisotopic (exact) mass is 244 g/mol. The molecule has 0 bridgehead atoms.